The number of anilines is 2. The Hall–Kier alpha value is -3.80. The number of fused-ring (bicyclic) bond motifs is 1. The fourth-order valence-electron chi connectivity index (χ4n) is 4.36. The van der Waals surface area contributed by atoms with Crippen LogP contribution in [0.1, 0.15) is 18.2 Å². The first-order valence-electron chi connectivity index (χ1n) is 11.3. The van der Waals surface area contributed by atoms with Crippen molar-refractivity contribution < 1.29 is 14.4 Å². The van der Waals surface area contributed by atoms with Gasteiger partial charge in [0.05, 0.1) is 0 Å². The molecule has 3 aromatic rings. The number of rotatable bonds is 4. The van der Waals surface area contributed by atoms with Gasteiger partial charge in [-0.05, 0) is 32.9 Å². The molecule has 4 amide bonds. The van der Waals surface area contributed by atoms with Gasteiger partial charge < -0.3 is 9.80 Å². The van der Waals surface area contributed by atoms with E-state index in [1.807, 2.05) is 24.0 Å². The minimum absolute atomic E-state index is 0.267. The summed E-state index contributed by atoms with van der Waals surface area (Å²) in [7, 11) is 0. The Morgan fingerprint density at radius 3 is 2.43 bits per heavy atom. The predicted octanol–water partition coefficient (Wildman–Crippen LogP) is 1.27. The average molecular weight is 496 g/mol. The van der Waals surface area contributed by atoms with Crippen LogP contribution in [0.3, 0.4) is 0 Å². The molecule has 2 aliphatic heterocycles. The summed E-state index contributed by atoms with van der Waals surface area (Å²) in [6.45, 7) is 7.11. The molecule has 1 atom stereocenters. The quantitative estimate of drug-likeness (QED) is 0.501. The van der Waals surface area contributed by atoms with Crippen LogP contribution in [0, 0.1) is 13.8 Å². The molecule has 0 bridgehead atoms. The van der Waals surface area contributed by atoms with Crippen molar-refractivity contribution >= 4 is 45.0 Å². The number of nitrogens with zero attached hydrogens (tertiary/aromatic N) is 7. The van der Waals surface area contributed by atoms with E-state index in [2.05, 4.69) is 10.1 Å². The van der Waals surface area contributed by atoms with E-state index in [-0.39, 0.29) is 23.9 Å². The fraction of sp³-hybridized carbons (Fsp3) is 0.391. The van der Waals surface area contributed by atoms with Gasteiger partial charge in [0.25, 0.3) is 11.5 Å². The van der Waals surface area contributed by atoms with Gasteiger partial charge in [-0.3, -0.25) is 24.2 Å². The Labute approximate surface area is 205 Å². The van der Waals surface area contributed by atoms with Gasteiger partial charge in [-0.2, -0.15) is 4.98 Å². The van der Waals surface area contributed by atoms with Crippen LogP contribution in [-0.2, 0) is 9.59 Å². The summed E-state index contributed by atoms with van der Waals surface area (Å²) in [5.74, 6) is -0.647. The highest BCUT2D eigenvalue weighted by molar-refractivity contribution is 7.20. The normalized spacial score (nSPS) is 18.8. The Bertz CT molecular complexity index is 1370. The number of carbonyl (C=O) groups is 3. The van der Waals surface area contributed by atoms with Gasteiger partial charge in [0.15, 0.2) is 0 Å². The van der Waals surface area contributed by atoms with Crippen molar-refractivity contribution in [2.24, 2.45) is 0 Å². The van der Waals surface area contributed by atoms with Gasteiger partial charge in [0.1, 0.15) is 12.6 Å². The number of benzene rings is 1. The second kappa shape index (κ2) is 8.77. The second-order valence-electron chi connectivity index (χ2n) is 8.77. The first-order valence-corrected chi connectivity index (χ1v) is 12.2. The molecule has 182 valence electrons. The maximum atomic E-state index is 13.0. The summed E-state index contributed by atoms with van der Waals surface area (Å²) in [4.78, 5) is 61.2. The van der Waals surface area contributed by atoms with Crippen molar-refractivity contribution in [2.45, 2.75) is 26.8 Å². The van der Waals surface area contributed by atoms with Crippen LogP contribution < -0.4 is 15.4 Å². The maximum Gasteiger partial charge on any atom is 0.332 e. The van der Waals surface area contributed by atoms with Crippen molar-refractivity contribution in [3.8, 4) is 0 Å². The zero-order chi connectivity index (χ0) is 24.9. The summed E-state index contributed by atoms with van der Waals surface area (Å²) in [5.41, 5.74) is 2.10. The molecule has 1 aromatic carbocycles. The number of imide groups is 1. The lowest BCUT2D eigenvalue weighted by atomic mass is 10.2. The summed E-state index contributed by atoms with van der Waals surface area (Å²) in [5, 5.41) is 5.28. The molecule has 0 aliphatic carbocycles. The van der Waals surface area contributed by atoms with Crippen LogP contribution >= 0.6 is 11.3 Å². The maximum absolute atomic E-state index is 13.0. The molecule has 2 aromatic heterocycles. The lowest BCUT2D eigenvalue weighted by Crippen LogP contribution is -2.52. The van der Waals surface area contributed by atoms with Crippen molar-refractivity contribution in [2.75, 3.05) is 42.5 Å². The molecule has 0 unspecified atom stereocenters. The van der Waals surface area contributed by atoms with E-state index in [9.17, 15) is 19.2 Å². The lowest BCUT2D eigenvalue weighted by Gasteiger charge is -2.34. The molecule has 0 saturated carbocycles. The number of carbonyl (C=O) groups excluding carboxylic acids is 3. The van der Waals surface area contributed by atoms with E-state index in [0.717, 1.165) is 15.6 Å². The molecular weight excluding hydrogens is 470 g/mol. The number of hydrogen-bond acceptors (Lipinski definition) is 8. The first-order chi connectivity index (χ1) is 16.7. The Kier molecular flexibility index (Phi) is 5.75. The second-order valence-corrected chi connectivity index (χ2v) is 9.71. The minimum Gasteiger partial charge on any atom is -0.343 e. The third-order valence-corrected chi connectivity index (χ3v) is 7.35. The zero-order valence-corrected chi connectivity index (χ0v) is 20.5. The Balaban J connectivity index is 1.23. The van der Waals surface area contributed by atoms with Crippen LogP contribution in [0.5, 0.6) is 0 Å². The molecule has 35 heavy (non-hydrogen) atoms. The summed E-state index contributed by atoms with van der Waals surface area (Å²) in [6, 6.07) is 7.66. The number of hydrogen-bond donors (Lipinski definition) is 0. The number of amides is 4. The average Bonchev–Trinajstić information content (AvgIpc) is 3.35. The first kappa shape index (κ1) is 23.0. The van der Waals surface area contributed by atoms with Gasteiger partial charge in [0.2, 0.25) is 16.0 Å². The van der Waals surface area contributed by atoms with Crippen LogP contribution in [0.25, 0.3) is 4.96 Å². The molecule has 4 heterocycles. The monoisotopic (exact) mass is 495 g/mol. The fourth-order valence-corrected chi connectivity index (χ4v) is 5.37. The van der Waals surface area contributed by atoms with E-state index < -0.39 is 12.1 Å². The van der Waals surface area contributed by atoms with Gasteiger partial charge >= 0.3 is 6.03 Å². The van der Waals surface area contributed by atoms with Crippen molar-refractivity contribution in [3.05, 3.63) is 51.9 Å². The molecule has 0 radical (unpaired) electrons. The number of aryl methyl sites for hydroxylation is 2. The van der Waals surface area contributed by atoms with E-state index in [0.29, 0.717) is 42.5 Å². The number of urea groups is 1. The molecule has 5 rings (SSSR count). The highest BCUT2D eigenvalue weighted by Crippen LogP contribution is 2.27. The van der Waals surface area contributed by atoms with E-state index >= 15 is 0 Å². The molecule has 2 aliphatic rings. The van der Waals surface area contributed by atoms with Crippen LogP contribution in [0.2, 0.25) is 0 Å². The standard InChI is InChI=1S/C23H25N7O4S/c1-14-4-6-17(7-5-14)29-16(3)20(33)28(23(29)34)13-19(32)26-8-10-27(11-9-26)22-25-30-15(2)12-18(31)24-21(30)35-22/h4-7,12,16H,8-11,13H2,1-3H3/t16-/m1/s1. The highest BCUT2D eigenvalue weighted by atomic mass is 32.1. The summed E-state index contributed by atoms with van der Waals surface area (Å²) < 4.78 is 1.64. The topological polar surface area (TPSA) is 111 Å². The third kappa shape index (κ3) is 4.14. The van der Waals surface area contributed by atoms with Gasteiger partial charge in [-0.1, -0.05) is 29.0 Å². The number of aromatic nitrogens is 3. The molecule has 0 N–H and O–H groups in total. The zero-order valence-electron chi connectivity index (χ0n) is 19.7. The minimum atomic E-state index is -0.668. The van der Waals surface area contributed by atoms with Gasteiger partial charge in [0, 0.05) is 43.6 Å². The number of piperazine rings is 1. The molecular formula is C23H25N7O4S. The van der Waals surface area contributed by atoms with Crippen LogP contribution in [0.4, 0.5) is 15.6 Å². The van der Waals surface area contributed by atoms with Crippen molar-refractivity contribution in [1.82, 2.24) is 24.4 Å². The van der Waals surface area contributed by atoms with Crippen molar-refractivity contribution in [1.29, 1.82) is 0 Å². The van der Waals surface area contributed by atoms with Crippen molar-refractivity contribution in [3.63, 3.8) is 0 Å². The predicted molar refractivity (Wildman–Crippen MR) is 131 cm³/mol. The third-order valence-electron chi connectivity index (χ3n) is 6.38. The Morgan fingerprint density at radius 2 is 1.74 bits per heavy atom. The molecule has 2 saturated heterocycles. The van der Waals surface area contributed by atoms with E-state index in [1.165, 1.54) is 22.3 Å². The van der Waals surface area contributed by atoms with Crippen LogP contribution in [-0.4, -0.2) is 81.0 Å². The van der Waals surface area contributed by atoms with Gasteiger partial charge in [-0.15, -0.1) is 5.10 Å². The molecule has 0 spiro atoms. The SMILES string of the molecule is Cc1ccc(N2C(=O)N(CC(=O)N3CCN(c4nn5c(C)cc(=O)nc5s4)CC3)C(=O)[C@H]2C)cc1. The molecule has 11 nitrogen and oxygen atoms in total. The van der Waals surface area contributed by atoms with E-state index in [1.54, 1.807) is 35.4 Å². The summed E-state index contributed by atoms with van der Waals surface area (Å²) >= 11 is 1.33. The van der Waals surface area contributed by atoms with E-state index in [4.69, 9.17) is 0 Å². The smallest absolute Gasteiger partial charge is 0.332 e. The Morgan fingerprint density at radius 1 is 1.06 bits per heavy atom. The van der Waals surface area contributed by atoms with Gasteiger partial charge in [-0.25, -0.2) is 9.31 Å². The molecule has 2 fully saturated rings. The largest absolute Gasteiger partial charge is 0.343 e. The lowest BCUT2D eigenvalue weighted by molar-refractivity contribution is -0.137. The van der Waals surface area contributed by atoms with Crippen LogP contribution in [0.15, 0.2) is 35.1 Å². The highest BCUT2D eigenvalue weighted by Gasteiger charge is 2.44. The summed E-state index contributed by atoms with van der Waals surface area (Å²) in [6.07, 6.45) is 0. The molecule has 12 heteroatoms.